The molecule has 0 saturated heterocycles. The lowest BCUT2D eigenvalue weighted by molar-refractivity contribution is -0.137. The summed E-state index contributed by atoms with van der Waals surface area (Å²) in [6.45, 7) is 0. The molecular formula is C24H16ClF3N6O. The Balaban J connectivity index is 1.59. The number of para-hydroxylation sites is 1. The van der Waals surface area contributed by atoms with E-state index >= 15 is 0 Å². The molecule has 0 aliphatic heterocycles. The monoisotopic (exact) mass is 496 g/mol. The van der Waals surface area contributed by atoms with Gasteiger partial charge in [0.2, 0.25) is 0 Å². The van der Waals surface area contributed by atoms with Gasteiger partial charge in [-0.25, -0.2) is 5.10 Å². The number of anilines is 1. The average molecular weight is 497 g/mol. The number of carbonyl (C=O) groups is 1. The van der Waals surface area contributed by atoms with Crippen LogP contribution in [-0.4, -0.2) is 31.1 Å². The van der Waals surface area contributed by atoms with Crippen LogP contribution in [0.1, 0.15) is 16.1 Å². The van der Waals surface area contributed by atoms with Crippen molar-refractivity contribution in [1.82, 2.24) is 25.2 Å². The molecule has 0 unspecified atom stereocenters. The number of halogens is 4. The first-order chi connectivity index (χ1) is 16.7. The van der Waals surface area contributed by atoms with Crippen LogP contribution >= 0.6 is 11.6 Å². The lowest BCUT2D eigenvalue weighted by Crippen LogP contribution is -2.16. The van der Waals surface area contributed by atoms with Crippen LogP contribution in [0.3, 0.4) is 0 Å². The van der Waals surface area contributed by atoms with E-state index in [2.05, 4.69) is 25.9 Å². The van der Waals surface area contributed by atoms with Crippen molar-refractivity contribution in [2.75, 3.05) is 5.32 Å². The molecule has 2 aromatic heterocycles. The molecule has 35 heavy (non-hydrogen) atoms. The van der Waals surface area contributed by atoms with Gasteiger partial charge in [0.15, 0.2) is 5.82 Å². The van der Waals surface area contributed by atoms with Crippen LogP contribution in [0.2, 0.25) is 5.02 Å². The molecule has 11 heteroatoms. The van der Waals surface area contributed by atoms with Gasteiger partial charge in [0.1, 0.15) is 5.69 Å². The number of amides is 1. The molecule has 0 aliphatic rings. The zero-order valence-corrected chi connectivity index (χ0v) is 18.8. The molecule has 5 rings (SSSR count). The largest absolute Gasteiger partial charge is 0.417 e. The molecule has 0 radical (unpaired) electrons. The van der Waals surface area contributed by atoms with Crippen molar-refractivity contribution in [3.8, 4) is 22.5 Å². The normalized spacial score (nSPS) is 11.7. The lowest BCUT2D eigenvalue weighted by Gasteiger charge is -2.15. The third-order valence-electron chi connectivity index (χ3n) is 5.64. The van der Waals surface area contributed by atoms with Crippen molar-refractivity contribution < 1.29 is 18.0 Å². The molecule has 0 fully saturated rings. The van der Waals surface area contributed by atoms with E-state index < -0.39 is 17.6 Å². The summed E-state index contributed by atoms with van der Waals surface area (Å²) in [6.07, 6.45) is -4.52. The highest BCUT2D eigenvalue weighted by atomic mass is 35.5. The Hall–Kier alpha value is -4.18. The first-order valence-electron chi connectivity index (χ1n) is 10.3. The standard InChI is InChI=1S/C24H16ClF3N6O/c1-34-20(23(35)29-19-10-9-14(25)12-17(19)22-30-32-33-31-22)11-13-5-4-7-16(21(13)34)15-6-2-3-8-18(15)24(26,27)28/h2-12H,1H3,(H,29,35)(H,30,31,32,33). The highest BCUT2D eigenvalue weighted by Crippen LogP contribution is 2.40. The van der Waals surface area contributed by atoms with Crippen molar-refractivity contribution in [3.63, 3.8) is 0 Å². The maximum Gasteiger partial charge on any atom is 0.417 e. The SMILES string of the molecule is Cn1c(C(=O)Nc2ccc(Cl)cc2-c2nnn[nH]2)cc2cccc(-c3ccccc3C(F)(F)F)c21. The Morgan fingerprint density at radius 3 is 2.51 bits per heavy atom. The molecule has 7 nitrogen and oxygen atoms in total. The summed E-state index contributed by atoms with van der Waals surface area (Å²) >= 11 is 6.11. The third kappa shape index (κ3) is 4.12. The van der Waals surface area contributed by atoms with Gasteiger partial charge >= 0.3 is 6.18 Å². The van der Waals surface area contributed by atoms with Gasteiger partial charge in [-0.05, 0) is 46.3 Å². The van der Waals surface area contributed by atoms with Crippen molar-refractivity contribution in [1.29, 1.82) is 0 Å². The van der Waals surface area contributed by atoms with Gasteiger partial charge in [0, 0.05) is 28.6 Å². The van der Waals surface area contributed by atoms with Crippen LogP contribution in [0.5, 0.6) is 0 Å². The van der Waals surface area contributed by atoms with Crippen LogP contribution in [-0.2, 0) is 13.2 Å². The number of nitrogens with zero attached hydrogens (tertiary/aromatic N) is 4. The molecule has 0 bridgehead atoms. The van der Waals surface area contributed by atoms with E-state index in [1.54, 1.807) is 60.1 Å². The van der Waals surface area contributed by atoms with Crippen LogP contribution in [0.4, 0.5) is 18.9 Å². The second-order valence-corrected chi connectivity index (χ2v) is 8.21. The van der Waals surface area contributed by atoms with E-state index in [-0.39, 0.29) is 11.3 Å². The van der Waals surface area contributed by atoms with E-state index in [0.29, 0.717) is 38.6 Å². The molecular weight excluding hydrogens is 481 g/mol. The summed E-state index contributed by atoms with van der Waals surface area (Å²) in [5, 5.41) is 17.5. The predicted molar refractivity (Wildman–Crippen MR) is 126 cm³/mol. The van der Waals surface area contributed by atoms with Crippen molar-refractivity contribution in [2.45, 2.75) is 6.18 Å². The molecule has 0 atom stereocenters. The number of benzene rings is 3. The number of H-pyrrole nitrogens is 1. The van der Waals surface area contributed by atoms with Gasteiger partial charge in [0.25, 0.3) is 5.91 Å². The highest BCUT2D eigenvalue weighted by Gasteiger charge is 2.34. The van der Waals surface area contributed by atoms with Gasteiger partial charge < -0.3 is 9.88 Å². The molecule has 176 valence electrons. The zero-order chi connectivity index (χ0) is 24.7. The van der Waals surface area contributed by atoms with Gasteiger partial charge in [-0.3, -0.25) is 4.79 Å². The maximum atomic E-state index is 13.7. The highest BCUT2D eigenvalue weighted by molar-refractivity contribution is 6.31. The molecule has 2 heterocycles. The summed E-state index contributed by atoms with van der Waals surface area (Å²) in [7, 11) is 1.64. The van der Waals surface area contributed by atoms with Crippen LogP contribution in [0.25, 0.3) is 33.4 Å². The topological polar surface area (TPSA) is 88.5 Å². The number of fused-ring (bicyclic) bond motifs is 1. The van der Waals surface area contributed by atoms with E-state index in [1.807, 2.05) is 0 Å². The number of nitrogens with one attached hydrogen (secondary N) is 2. The van der Waals surface area contributed by atoms with E-state index in [4.69, 9.17) is 11.6 Å². The average Bonchev–Trinajstić information content (AvgIpc) is 3.48. The minimum absolute atomic E-state index is 0.0385. The van der Waals surface area contributed by atoms with Gasteiger partial charge in [-0.1, -0.05) is 48.0 Å². The summed E-state index contributed by atoms with van der Waals surface area (Å²) in [6, 6.07) is 16.9. The number of carbonyl (C=O) groups excluding carboxylic acids is 1. The number of tetrazole rings is 1. The predicted octanol–water partition coefficient (Wildman–Crippen LogP) is 5.95. The van der Waals surface area contributed by atoms with Gasteiger partial charge in [-0.15, -0.1) is 5.10 Å². The third-order valence-corrected chi connectivity index (χ3v) is 5.88. The Kier molecular flexibility index (Phi) is 5.52. The smallest absolute Gasteiger partial charge is 0.339 e. The van der Waals surface area contributed by atoms with Crippen molar-refractivity contribution in [3.05, 3.63) is 83.0 Å². The summed E-state index contributed by atoms with van der Waals surface area (Å²) < 4.78 is 42.7. The van der Waals surface area contributed by atoms with E-state index in [9.17, 15) is 18.0 Å². The van der Waals surface area contributed by atoms with Crippen LogP contribution < -0.4 is 5.32 Å². The maximum absolute atomic E-state index is 13.7. The fourth-order valence-corrected chi connectivity index (χ4v) is 4.27. The van der Waals surface area contributed by atoms with Crippen molar-refractivity contribution in [2.24, 2.45) is 7.05 Å². The summed E-state index contributed by atoms with van der Waals surface area (Å²) in [4.78, 5) is 13.3. The second kappa shape index (κ2) is 8.55. The first-order valence-corrected chi connectivity index (χ1v) is 10.7. The molecule has 0 spiro atoms. The second-order valence-electron chi connectivity index (χ2n) is 7.77. The first kappa shape index (κ1) is 22.6. The molecule has 1 amide bonds. The Bertz CT molecular complexity index is 1560. The molecule has 0 aliphatic carbocycles. The fraction of sp³-hybridized carbons (Fsp3) is 0.0833. The Morgan fingerprint density at radius 1 is 1.00 bits per heavy atom. The van der Waals surface area contributed by atoms with E-state index in [0.717, 1.165) is 6.07 Å². The number of aromatic amines is 1. The number of hydrogen-bond acceptors (Lipinski definition) is 4. The summed E-state index contributed by atoms with van der Waals surface area (Å²) in [5.41, 5.74) is 1.32. The fourth-order valence-electron chi connectivity index (χ4n) is 4.10. The van der Waals surface area contributed by atoms with Gasteiger partial charge in [-0.2, -0.15) is 13.2 Å². The molecule has 0 saturated carbocycles. The minimum Gasteiger partial charge on any atom is -0.339 e. The summed E-state index contributed by atoms with van der Waals surface area (Å²) in [5.74, 6) is -0.152. The van der Waals surface area contributed by atoms with Crippen LogP contribution in [0.15, 0.2) is 66.7 Å². The number of aryl methyl sites for hydroxylation is 1. The van der Waals surface area contributed by atoms with Crippen LogP contribution in [0, 0.1) is 0 Å². The molecule has 5 aromatic rings. The molecule has 3 aromatic carbocycles. The number of rotatable bonds is 4. The number of aromatic nitrogens is 5. The Morgan fingerprint density at radius 2 is 1.77 bits per heavy atom. The zero-order valence-electron chi connectivity index (χ0n) is 18.1. The van der Waals surface area contributed by atoms with Crippen molar-refractivity contribution >= 4 is 34.1 Å². The Labute approximate surface area is 201 Å². The number of hydrogen-bond donors (Lipinski definition) is 2. The van der Waals surface area contributed by atoms with E-state index in [1.165, 1.54) is 12.1 Å². The molecule has 2 N–H and O–H groups in total. The number of alkyl halides is 3. The lowest BCUT2D eigenvalue weighted by atomic mass is 9.97. The quantitative estimate of drug-likeness (QED) is 0.322. The minimum atomic E-state index is -4.52. The van der Waals surface area contributed by atoms with Gasteiger partial charge in [0.05, 0.1) is 16.8 Å².